The zero-order valence-corrected chi connectivity index (χ0v) is 18.9. The third-order valence-corrected chi connectivity index (χ3v) is 6.62. The van der Waals surface area contributed by atoms with E-state index in [0.29, 0.717) is 31.2 Å². The number of hydrogen-bond donors (Lipinski definition) is 3. The van der Waals surface area contributed by atoms with E-state index >= 15 is 0 Å². The number of carbonyl (C=O) groups is 1. The quantitative estimate of drug-likeness (QED) is 0.479. The van der Waals surface area contributed by atoms with E-state index in [2.05, 4.69) is 15.5 Å². The number of aromatic nitrogens is 2. The van der Waals surface area contributed by atoms with Crippen LogP contribution < -0.4 is 10.1 Å². The van der Waals surface area contributed by atoms with Crippen LogP contribution in [0.2, 0.25) is 0 Å². The van der Waals surface area contributed by atoms with E-state index in [1.165, 1.54) is 0 Å². The number of rotatable bonds is 7. The zero-order chi connectivity index (χ0) is 22.8. The number of H-pyrrole nitrogens is 1. The number of ether oxygens (including phenoxy) is 2. The van der Waals surface area contributed by atoms with E-state index < -0.39 is 0 Å². The van der Waals surface area contributed by atoms with Gasteiger partial charge in [0.25, 0.3) is 5.91 Å². The number of likely N-dealkylation sites (N-methyl/N-ethyl adjacent to an activating group) is 1. The average Bonchev–Trinajstić information content (AvgIpc) is 3.42. The number of nitrogens with zero attached hydrogens (tertiary/aromatic N) is 2. The lowest BCUT2D eigenvalue weighted by molar-refractivity contribution is 0.0663. The number of benzene rings is 2. The molecule has 8 heteroatoms. The fourth-order valence-electron chi connectivity index (χ4n) is 4.70. The Morgan fingerprint density at radius 2 is 2.06 bits per heavy atom. The van der Waals surface area contributed by atoms with Crippen LogP contribution >= 0.6 is 0 Å². The van der Waals surface area contributed by atoms with E-state index in [4.69, 9.17) is 9.47 Å². The number of fused-ring (bicyclic) bond motifs is 2. The van der Waals surface area contributed by atoms with Gasteiger partial charge in [-0.05, 0) is 61.6 Å². The van der Waals surface area contributed by atoms with Gasteiger partial charge in [-0.1, -0.05) is 6.07 Å². The maximum Gasteiger partial charge on any atom is 0.258 e. The van der Waals surface area contributed by atoms with E-state index in [-0.39, 0.29) is 11.7 Å². The van der Waals surface area contributed by atoms with Crippen molar-refractivity contribution in [2.75, 3.05) is 33.4 Å². The molecule has 3 N–H and O–H groups in total. The van der Waals surface area contributed by atoms with E-state index in [0.717, 1.165) is 72.5 Å². The summed E-state index contributed by atoms with van der Waals surface area (Å²) in [7, 11) is 1.89. The van der Waals surface area contributed by atoms with Gasteiger partial charge in [0.2, 0.25) is 0 Å². The third kappa shape index (κ3) is 4.54. The summed E-state index contributed by atoms with van der Waals surface area (Å²) >= 11 is 0. The SMILES string of the molecule is CNCCOc1ccc2c(c1)CN(C(=O)c1cc3c(CC4CCOCC4)n[nH]c3cc1O)C2. The Kier molecular flexibility index (Phi) is 6.20. The molecule has 0 saturated carbocycles. The number of aromatic amines is 1. The molecule has 2 aliphatic heterocycles. The lowest BCUT2D eigenvalue weighted by Gasteiger charge is -2.21. The molecule has 2 aromatic carbocycles. The minimum atomic E-state index is -0.179. The van der Waals surface area contributed by atoms with Crippen LogP contribution in [-0.4, -0.2) is 59.5 Å². The standard InChI is InChI=1S/C25H30N4O4/c1-26-6-9-33-19-3-2-17-14-29(15-18(17)11-19)25(31)21-12-20-22(10-16-4-7-32-8-5-16)27-28-23(20)13-24(21)30/h2-3,11-13,16,26,30H,4-10,14-15H2,1H3,(H,27,28). The second-order valence-corrected chi connectivity index (χ2v) is 8.89. The highest BCUT2D eigenvalue weighted by Crippen LogP contribution is 2.33. The molecule has 8 nitrogen and oxygen atoms in total. The van der Waals surface area contributed by atoms with Gasteiger partial charge in [0.05, 0.1) is 16.8 Å². The van der Waals surface area contributed by atoms with Gasteiger partial charge in [0, 0.05) is 44.3 Å². The second kappa shape index (κ2) is 9.41. The summed E-state index contributed by atoms with van der Waals surface area (Å²) in [6.07, 6.45) is 2.88. The van der Waals surface area contributed by atoms with Crippen LogP contribution in [-0.2, 0) is 24.2 Å². The molecule has 2 aliphatic rings. The first kappa shape index (κ1) is 21.7. The van der Waals surface area contributed by atoms with Gasteiger partial charge in [-0.3, -0.25) is 9.89 Å². The van der Waals surface area contributed by atoms with Crippen LogP contribution in [0.3, 0.4) is 0 Å². The van der Waals surface area contributed by atoms with Gasteiger partial charge in [-0.15, -0.1) is 0 Å². The lowest BCUT2D eigenvalue weighted by Crippen LogP contribution is -2.25. The number of phenolic OH excluding ortho intramolecular Hbond substituents is 1. The van der Waals surface area contributed by atoms with E-state index in [1.54, 1.807) is 17.0 Å². The fourth-order valence-corrected chi connectivity index (χ4v) is 4.70. The van der Waals surface area contributed by atoms with E-state index in [1.807, 2.05) is 25.2 Å². The van der Waals surface area contributed by atoms with Crippen molar-refractivity contribution in [3.05, 3.63) is 52.7 Å². The molecular weight excluding hydrogens is 420 g/mol. The molecule has 0 atom stereocenters. The normalized spacial score (nSPS) is 16.3. The number of amides is 1. The van der Waals surface area contributed by atoms with Crippen molar-refractivity contribution in [2.45, 2.75) is 32.4 Å². The molecule has 174 valence electrons. The highest BCUT2D eigenvalue weighted by molar-refractivity contribution is 6.01. The molecule has 1 saturated heterocycles. The van der Waals surface area contributed by atoms with Gasteiger partial charge in [0.1, 0.15) is 18.1 Å². The minimum Gasteiger partial charge on any atom is -0.507 e. The van der Waals surface area contributed by atoms with Crippen molar-refractivity contribution in [3.63, 3.8) is 0 Å². The molecule has 5 rings (SSSR count). The minimum absolute atomic E-state index is 0.0270. The maximum atomic E-state index is 13.4. The maximum absolute atomic E-state index is 13.4. The molecule has 3 aromatic rings. The summed E-state index contributed by atoms with van der Waals surface area (Å²) < 4.78 is 11.2. The summed E-state index contributed by atoms with van der Waals surface area (Å²) in [5.41, 5.74) is 4.19. The first-order valence-electron chi connectivity index (χ1n) is 11.6. The predicted octanol–water partition coefficient (Wildman–Crippen LogP) is 2.99. The monoisotopic (exact) mass is 450 g/mol. The van der Waals surface area contributed by atoms with Gasteiger partial charge < -0.3 is 24.8 Å². The molecule has 1 amide bonds. The summed E-state index contributed by atoms with van der Waals surface area (Å²) in [5, 5.41) is 22.1. The summed E-state index contributed by atoms with van der Waals surface area (Å²) in [4.78, 5) is 15.1. The van der Waals surface area contributed by atoms with Crippen LogP contribution in [0.25, 0.3) is 10.9 Å². The Balaban J connectivity index is 1.34. The molecule has 1 fully saturated rings. The van der Waals surface area contributed by atoms with Crippen LogP contribution in [0.1, 0.15) is 40.0 Å². The van der Waals surface area contributed by atoms with Crippen molar-refractivity contribution in [1.82, 2.24) is 20.4 Å². The Morgan fingerprint density at radius 3 is 2.88 bits per heavy atom. The number of hydrogen-bond acceptors (Lipinski definition) is 6. The fraction of sp³-hybridized carbons (Fsp3) is 0.440. The van der Waals surface area contributed by atoms with Crippen molar-refractivity contribution >= 4 is 16.8 Å². The van der Waals surface area contributed by atoms with E-state index in [9.17, 15) is 9.90 Å². The van der Waals surface area contributed by atoms with Crippen molar-refractivity contribution in [3.8, 4) is 11.5 Å². The number of phenols is 1. The third-order valence-electron chi connectivity index (χ3n) is 6.62. The molecule has 0 radical (unpaired) electrons. The largest absolute Gasteiger partial charge is 0.507 e. The van der Waals surface area contributed by atoms with Crippen molar-refractivity contribution in [2.24, 2.45) is 5.92 Å². The van der Waals surface area contributed by atoms with Crippen LogP contribution in [0.4, 0.5) is 0 Å². The van der Waals surface area contributed by atoms with Crippen LogP contribution in [0, 0.1) is 5.92 Å². The smallest absolute Gasteiger partial charge is 0.258 e. The summed E-state index contributed by atoms with van der Waals surface area (Å²) in [6.45, 7) is 3.95. The Bertz CT molecular complexity index is 1150. The number of carbonyl (C=O) groups excluding carboxylic acids is 1. The molecule has 3 heterocycles. The Labute approximate surface area is 192 Å². The number of aromatic hydroxyl groups is 1. The van der Waals surface area contributed by atoms with Crippen molar-refractivity contribution in [1.29, 1.82) is 0 Å². The van der Waals surface area contributed by atoms with Crippen LogP contribution in [0.15, 0.2) is 30.3 Å². The first-order valence-corrected chi connectivity index (χ1v) is 11.6. The lowest BCUT2D eigenvalue weighted by atomic mass is 9.93. The van der Waals surface area contributed by atoms with Crippen molar-refractivity contribution < 1.29 is 19.4 Å². The van der Waals surface area contributed by atoms with Crippen LogP contribution in [0.5, 0.6) is 11.5 Å². The molecule has 0 unspecified atom stereocenters. The average molecular weight is 451 g/mol. The molecule has 0 aliphatic carbocycles. The zero-order valence-electron chi connectivity index (χ0n) is 18.9. The van der Waals surface area contributed by atoms with Gasteiger partial charge in [-0.2, -0.15) is 5.10 Å². The Morgan fingerprint density at radius 1 is 1.24 bits per heavy atom. The molecule has 1 aromatic heterocycles. The molecular formula is C25H30N4O4. The van der Waals surface area contributed by atoms with Gasteiger partial charge in [-0.25, -0.2) is 0 Å². The number of nitrogens with one attached hydrogen (secondary N) is 2. The topological polar surface area (TPSA) is 99.7 Å². The molecule has 0 spiro atoms. The molecule has 33 heavy (non-hydrogen) atoms. The summed E-state index contributed by atoms with van der Waals surface area (Å²) in [5.74, 6) is 1.12. The molecule has 0 bridgehead atoms. The predicted molar refractivity (Wildman–Crippen MR) is 124 cm³/mol. The second-order valence-electron chi connectivity index (χ2n) is 8.89. The first-order chi connectivity index (χ1) is 16.1. The Hall–Kier alpha value is -3.10. The van der Waals surface area contributed by atoms with Gasteiger partial charge in [0.15, 0.2) is 0 Å². The highest BCUT2D eigenvalue weighted by Gasteiger charge is 2.27. The van der Waals surface area contributed by atoms with Gasteiger partial charge >= 0.3 is 0 Å². The highest BCUT2D eigenvalue weighted by atomic mass is 16.5. The summed E-state index contributed by atoms with van der Waals surface area (Å²) in [6, 6.07) is 9.37.